The predicted molar refractivity (Wildman–Crippen MR) is 48.4 cm³/mol. The average molecular weight is 249 g/mol. The molecule has 13 heavy (non-hydrogen) atoms. The zero-order valence-electron chi connectivity index (χ0n) is 6.90. The molecule has 1 nitrogen and oxygen atoms in total. The third-order valence-corrected chi connectivity index (χ3v) is 2.41. The second-order valence-corrected chi connectivity index (χ2v) is 3.51. The predicted octanol–water partition coefficient (Wildman–Crippen LogP) is 2.86. The Morgan fingerprint density at radius 1 is 1.46 bits per heavy atom. The molecule has 0 N–H and O–H groups in total. The molecule has 0 fully saturated rings. The highest BCUT2D eigenvalue weighted by Crippen LogP contribution is 2.23. The summed E-state index contributed by atoms with van der Waals surface area (Å²) in [5.41, 5.74) is 0.464. The molecule has 0 heterocycles. The van der Waals surface area contributed by atoms with Gasteiger partial charge in [-0.25, -0.2) is 8.78 Å². The highest BCUT2D eigenvalue weighted by atomic mass is 79.9. The van der Waals surface area contributed by atoms with E-state index in [0.29, 0.717) is 5.56 Å². The lowest BCUT2D eigenvalue weighted by Crippen LogP contribution is -1.99. The van der Waals surface area contributed by atoms with Crippen molar-refractivity contribution in [2.75, 3.05) is 0 Å². The van der Waals surface area contributed by atoms with E-state index in [9.17, 15) is 13.6 Å². The van der Waals surface area contributed by atoms with Crippen LogP contribution in [0.1, 0.15) is 12.5 Å². The molecule has 0 saturated carbocycles. The van der Waals surface area contributed by atoms with Gasteiger partial charge in [0.2, 0.25) is 0 Å². The van der Waals surface area contributed by atoms with E-state index in [1.807, 2.05) is 0 Å². The molecule has 1 aromatic rings. The van der Waals surface area contributed by atoms with Crippen LogP contribution in [0.15, 0.2) is 16.6 Å². The van der Waals surface area contributed by atoms with Crippen LogP contribution in [-0.4, -0.2) is 5.78 Å². The summed E-state index contributed by atoms with van der Waals surface area (Å²) in [7, 11) is 0. The molecule has 0 saturated heterocycles. The maximum absolute atomic E-state index is 12.9. The van der Waals surface area contributed by atoms with Gasteiger partial charge in [-0.15, -0.1) is 0 Å². The van der Waals surface area contributed by atoms with Crippen LogP contribution in [0.2, 0.25) is 0 Å². The van der Waals surface area contributed by atoms with Crippen molar-refractivity contribution in [3.05, 3.63) is 33.8 Å². The zero-order chi connectivity index (χ0) is 10.0. The zero-order valence-corrected chi connectivity index (χ0v) is 8.49. The Hall–Kier alpha value is -0.770. The van der Waals surface area contributed by atoms with Gasteiger partial charge in [-0.2, -0.15) is 0 Å². The minimum Gasteiger partial charge on any atom is -0.300 e. The van der Waals surface area contributed by atoms with Crippen molar-refractivity contribution in [3.63, 3.8) is 0 Å². The van der Waals surface area contributed by atoms with Crippen molar-refractivity contribution in [1.82, 2.24) is 0 Å². The summed E-state index contributed by atoms with van der Waals surface area (Å²) in [5, 5.41) is 0. The van der Waals surface area contributed by atoms with Crippen LogP contribution in [0.5, 0.6) is 0 Å². The number of rotatable bonds is 2. The first-order chi connectivity index (χ1) is 6.02. The SMILES string of the molecule is CC(=O)Cc1ccc(F)c(F)c1Br. The number of hydrogen-bond acceptors (Lipinski definition) is 1. The van der Waals surface area contributed by atoms with E-state index < -0.39 is 11.6 Å². The summed E-state index contributed by atoms with van der Waals surface area (Å²) in [6, 6.07) is 2.41. The molecule has 0 aliphatic carbocycles. The van der Waals surface area contributed by atoms with E-state index in [-0.39, 0.29) is 16.7 Å². The lowest BCUT2D eigenvalue weighted by molar-refractivity contribution is -0.116. The van der Waals surface area contributed by atoms with Crippen molar-refractivity contribution < 1.29 is 13.6 Å². The maximum atomic E-state index is 12.9. The minimum absolute atomic E-state index is 0.0303. The Morgan fingerprint density at radius 3 is 2.62 bits per heavy atom. The van der Waals surface area contributed by atoms with Gasteiger partial charge in [0.15, 0.2) is 11.6 Å². The standard InChI is InChI=1S/C9H7BrF2O/c1-5(13)4-6-2-3-7(11)9(12)8(6)10/h2-3H,4H2,1H3. The van der Waals surface area contributed by atoms with Gasteiger partial charge in [0.1, 0.15) is 5.78 Å². The van der Waals surface area contributed by atoms with Crippen molar-refractivity contribution in [3.8, 4) is 0 Å². The molecule has 1 aromatic carbocycles. The van der Waals surface area contributed by atoms with Gasteiger partial charge in [-0.1, -0.05) is 6.07 Å². The second kappa shape index (κ2) is 3.96. The van der Waals surface area contributed by atoms with Crippen LogP contribution < -0.4 is 0 Å². The van der Waals surface area contributed by atoms with Crippen molar-refractivity contribution in [1.29, 1.82) is 0 Å². The normalized spacial score (nSPS) is 10.2. The molecule has 0 amide bonds. The minimum atomic E-state index is -0.946. The van der Waals surface area contributed by atoms with Crippen molar-refractivity contribution >= 4 is 21.7 Å². The first kappa shape index (κ1) is 10.3. The van der Waals surface area contributed by atoms with Gasteiger partial charge in [-0.05, 0) is 34.5 Å². The summed E-state index contributed by atoms with van der Waals surface area (Å²) in [6.45, 7) is 1.40. The molecule has 0 aliphatic heterocycles. The Kier molecular flexibility index (Phi) is 3.14. The van der Waals surface area contributed by atoms with Crippen LogP contribution in [0.25, 0.3) is 0 Å². The first-order valence-electron chi connectivity index (χ1n) is 3.64. The van der Waals surface area contributed by atoms with Gasteiger partial charge in [0.25, 0.3) is 0 Å². The summed E-state index contributed by atoms with van der Waals surface area (Å²) in [5.74, 6) is -1.95. The summed E-state index contributed by atoms with van der Waals surface area (Å²) in [4.78, 5) is 10.7. The van der Waals surface area contributed by atoms with E-state index in [1.165, 1.54) is 13.0 Å². The number of hydrogen-bond donors (Lipinski definition) is 0. The molecule has 0 aromatic heterocycles. The molecule has 4 heteroatoms. The molecule has 0 spiro atoms. The molecular formula is C9H7BrF2O. The molecule has 0 atom stereocenters. The fraction of sp³-hybridized carbons (Fsp3) is 0.222. The molecule has 0 unspecified atom stereocenters. The van der Waals surface area contributed by atoms with E-state index in [1.54, 1.807) is 0 Å². The van der Waals surface area contributed by atoms with Gasteiger partial charge in [-0.3, -0.25) is 4.79 Å². The Labute approximate surface area is 82.9 Å². The smallest absolute Gasteiger partial charge is 0.173 e. The van der Waals surface area contributed by atoms with Crippen LogP contribution in [0, 0.1) is 11.6 Å². The molecule has 0 bridgehead atoms. The molecule has 0 radical (unpaired) electrons. The highest BCUT2D eigenvalue weighted by Gasteiger charge is 2.11. The van der Waals surface area contributed by atoms with Gasteiger partial charge < -0.3 is 0 Å². The number of carbonyl (C=O) groups is 1. The Morgan fingerprint density at radius 2 is 2.08 bits per heavy atom. The topological polar surface area (TPSA) is 17.1 Å². The van der Waals surface area contributed by atoms with E-state index in [4.69, 9.17) is 0 Å². The second-order valence-electron chi connectivity index (χ2n) is 2.71. The molecule has 1 rings (SSSR count). The third kappa shape index (κ3) is 2.34. The largest absolute Gasteiger partial charge is 0.300 e. The Balaban J connectivity index is 3.10. The van der Waals surface area contributed by atoms with Crippen molar-refractivity contribution in [2.45, 2.75) is 13.3 Å². The van der Waals surface area contributed by atoms with E-state index >= 15 is 0 Å². The van der Waals surface area contributed by atoms with Gasteiger partial charge >= 0.3 is 0 Å². The number of benzene rings is 1. The highest BCUT2D eigenvalue weighted by molar-refractivity contribution is 9.10. The monoisotopic (exact) mass is 248 g/mol. The molecule has 0 aliphatic rings. The maximum Gasteiger partial charge on any atom is 0.173 e. The molecular weight excluding hydrogens is 242 g/mol. The van der Waals surface area contributed by atoms with Crippen molar-refractivity contribution in [2.24, 2.45) is 0 Å². The quantitative estimate of drug-likeness (QED) is 0.736. The summed E-state index contributed by atoms with van der Waals surface area (Å²) < 4.78 is 25.5. The third-order valence-electron chi connectivity index (χ3n) is 1.55. The first-order valence-corrected chi connectivity index (χ1v) is 4.43. The summed E-state index contributed by atoms with van der Waals surface area (Å²) >= 11 is 2.89. The van der Waals surface area contributed by atoms with E-state index in [0.717, 1.165) is 6.07 Å². The lowest BCUT2D eigenvalue weighted by Gasteiger charge is -2.03. The van der Waals surface area contributed by atoms with Gasteiger partial charge in [0, 0.05) is 6.42 Å². The molecule has 70 valence electrons. The number of ketones is 1. The number of Topliss-reactive ketones (excluding diaryl/α,β-unsaturated/α-hetero) is 1. The van der Waals surface area contributed by atoms with Crippen LogP contribution in [0.3, 0.4) is 0 Å². The Bertz CT molecular complexity index is 350. The van der Waals surface area contributed by atoms with Crippen LogP contribution >= 0.6 is 15.9 Å². The van der Waals surface area contributed by atoms with Crippen LogP contribution in [0.4, 0.5) is 8.78 Å². The fourth-order valence-electron chi connectivity index (χ4n) is 0.971. The summed E-state index contributed by atoms with van der Waals surface area (Å²) in [6.07, 6.45) is 0.109. The van der Waals surface area contributed by atoms with E-state index in [2.05, 4.69) is 15.9 Å². The average Bonchev–Trinajstić information content (AvgIpc) is 2.06. The lowest BCUT2D eigenvalue weighted by atomic mass is 10.1. The number of halogens is 3. The van der Waals surface area contributed by atoms with Crippen LogP contribution in [-0.2, 0) is 11.2 Å². The number of carbonyl (C=O) groups excluding carboxylic acids is 1. The fourth-order valence-corrected chi connectivity index (χ4v) is 1.43. The van der Waals surface area contributed by atoms with Gasteiger partial charge in [0.05, 0.1) is 4.47 Å².